The number of hydrogen-bond acceptors (Lipinski definition) is 4. The Labute approximate surface area is 125 Å². The lowest BCUT2D eigenvalue weighted by molar-refractivity contribution is 0.275. The van der Waals surface area contributed by atoms with Gasteiger partial charge in [0.15, 0.2) is 11.5 Å². The summed E-state index contributed by atoms with van der Waals surface area (Å²) in [6.45, 7) is 0.267. The molecule has 1 aromatic heterocycles. The minimum atomic E-state index is -0.100. The molecule has 0 aliphatic rings. The molecule has 2 rings (SSSR count). The maximum absolute atomic E-state index is 9.12. The van der Waals surface area contributed by atoms with Crippen molar-refractivity contribution in [1.29, 1.82) is 0 Å². The Kier molecular flexibility index (Phi) is 4.93. The Balaban J connectivity index is 2.19. The van der Waals surface area contributed by atoms with Crippen LogP contribution in [0.25, 0.3) is 0 Å². The van der Waals surface area contributed by atoms with E-state index in [9.17, 15) is 0 Å². The molecule has 0 aliphatic carbocycles. The van der Waals surface area contributed by atoms with Crippen LogP contribution in [0.1, 0.15) is 10.4 Å². The topological polar surface area (TPSA) is 38.7 Å². The predicted octanol–water partition coefficient (Wildman–Crippen LogP) is 4.13. The second kappa shape index (κ2) is 6.48. The first-order valence-electron chi connectivity index (χ1n) is 5.48. The Morgan fingerprint density at radius 3 is 2.63 bits per heavy atom. The standard InChI is InChI=1S/C13H12Cl2O3S/c1-17-11-5-8(6-16)4-10(14)13(11)18-7-9-2-3-12(15)19-9/h2-5,16H,6-7H2,1H3. The van der Waals surface area contributed by atoms with Crippen molar-refractivity contribution in [1.82, 2.24) is 0 Å². The van der Waals surface area contributed by atoms with E-state index in [0.29, 0.717) is 33.0 Å². The van der Waals surface area contributed by atoms with E-state index in [1.165, 1.54) is 18.4 Å². The van der Waals surface area contributed by atoms with Crippen molar-refractivity contribution in [3.63, 3.8) is 0 Å². The highest BCUT2D eigenvalue weighted by molar-refractivity contribution is 7.16. The summed E-state index contributed by atoms with van der Waals surface area (Å²) in [6.07, 6.45) is 0. The van der Waals surface area contributed by atoms with Crippen LogP contribution < -0.4 is 9.47 Å². The van der Waals surface area contributed by atoms with Gasteiger partial charge in [0, 0.05) is 4.88 Å². The quantitative estimate of drug-likeness (QED) is 0.900. The lowest BCUT2D eigenvalue weighted by Gasteiger charge is -2.13. The third-order valence-corrected chi connectivity index (χ3v) is 3.94. The number of ether oxygens (including phenoxy) is 2. The van der Waals surface area contributed by atoms with Crippen molar-refractivity contribution in [2.45, 2.75) is 13.2 Å². The molecule has 1 aromatic carbocycles. The lowest BCUT2D eigenvalue weighted by Crippen LogP contribution is -1.98. The van der Waals surface area contributed by atoms with Gasteiger partial charge >= 0.3 is 0 Å². The molecule has 0 amide bonds. The molecule has 0 saturated heterocycles. The summed E-state index contributed by atoms with van der Waals surface area (Å²) in [5.74, 6) is 0.963. The van der Waals surface area contributed by atoms with Gasteiger partial charge in [0.2, 0.25) is 0 Å². The fourth-order valence-electron chi connectivity index (χ4n) is 1.58. The average molecular weight is 319 g/mol. The van der Waals surface area contributed by atoms with Crippen LogP contribution in [0.4, 0.5) is 0 Å². The first-order valence-corrected chi connectivity index (χ1v) is 7.05. The molecule has 0 bridgehead atoms. The van der Waals surface area contributed by atoms with Gasteiger partial charge in [-0.3, -0.25) is 0 Å². The van der Waals surface area contributed by atoms with Crippen LogP contribution in [0, 0.1) is 0 Å². The Hall–Kier alpha value is -0.940. The SMILES string of the molecule is COc1cc(CO)cc(Cl)c1OCc1ccc(Cl)s1. The predicted molar refractivity (Wildman–Crippen MR) is 77.6 cm³/mol. The second-order valence-corrected chi connectivity index (χ2v) is 5.97. The van der Waals surface area contributed by atoms with Crippen LogP contribution in [-0.2, 0) is 13.2 Å². The van der Waals surface area contributed by atoms with Crippen molar-refractivity contribution in [3.05, 3.63) is 44.1 Å². The zero-order valence-electron chi connectivity index (χ0n) is 10.2. The largest absolute Gasteiger partial charge is 0.493 e. The highest BCUT2D eigenvalue weighted by atomic mass is 35.5. The summed E-state index contributed by atoms with van der Waals surface area (Å²) in [5.41, 5.74) is 0.674. The Bertz CT molecular complexity index is 569. The highest BCUT2D eigenvalue weighted by Crippen LogP contribution is 2.37. The van der Waals surface area contributed by atoms with Gasteiger partial charge in [-0.15, -0.1) is 11.3 Å². The van der Waals surface area contributed by atoms with Gasteiger partial charge in [0.25, 0.3) is 0 Å². The molecule has 0 saturated carbocycles. The fourth-order valence-corrected chi connectivity index (χ4v) is 2.87. The van der Waals surface area contributed by atoms with Crippen LogP contribution in [0.2, 0.25) is 9.36 Å². The first kappa shape index (κ1) is 14.5. The van der Waals surface area contributed by atoms with E-state index in [1.807, 2.05) is 12.1 Å². The molecule has 0 fully saturated rings. The molecule has 0 aliphatic heterocycles. The van der Waals surface area contributed by atoms with E-state index in [-0.39, 0.29) is 6.61 Å². The Morgan fingerprint density at radius 1 is 1.26 bits per heavy atom. The van der Waals surface area contributed by atoms with Gasteiger partial charge in [-0.05, 0) is 29.8 Å². The van der Waals surface area contributed by atoms with E-state index in [2.05, 4.69) is 0 Å². The lowest BCUT2D eigenvalue weighted by atomic mass is 10.2. The summed E-state index contributed by atoms with van der Waals surface area (Å²) >= 11 is 13.4. The maximum Gasteiger partial charge on any atom is 0.180 e. The van der Waals surface area contributed by atoms with E-state index < -0.39 is 0 Å². The molecule has 2 aromatic rings. The number of halogens is 2. The average Bonchev–Trinajstić information content (AvgIpc) is 2.82. The molecule has 3 nitrogen and oxygen atoms in total. The van der Waals surface area contributed by atoms with Gasteiger partial charge in [0.05, 0.1) is 23.1 Å². The van der Waals surface area contributed by atoms with Gasteiger partial charge in [-0.25, -0.2) is 0 Å². The molecular weight excluding hydrogens is 307 g/mol. The molecule has 1 N–H and O–H groups in total. The highest BCUT2D eigenvalue weighted by Gasteiger charge is 2.12. The maximum atomic E-state index is 9.12. The van der Waals surface area contributed by atoms with Crippen molar-refractivity contribution in [2.24, 2.45) is 0 Å². The van der Waals surface area contributed by atoms with Crippen molar-refractivity contribution < 1.29 is 14.6 Å². The molecule has 0 spiro atoms. The van der Waals surface area contributed by atoms with Crippen molar-refractivity contribution >= 4 is 34.5 Å². The molecule has 0 unspecified atom stereocenters. The number of rotatable bonds is 5. The van der Waals surface area contributed by atoms with E-state index >= 15 is 0 Å². The van der Waals surface area contributed by atoms with Crippen molar-refractivity contribution in [2.75, 3.05) is 7.11 Å². The molecule has 19 heavy (non-hydrogen) atoms. The van der Waals surface area contributed by atoms with Gasteiger partial charge in [-0.1, -0.05) is 23.2 Å². The van der Waals surface area contributed by atoms with Crippen LogP contribution in [-0.4, -0.2) is 12.2 Å². The number of methoxy groups -OCH3 is 1. The molecule has 6 heteroatoms. The molecule has 0 radical (unpaired) electrons. The zero-order chi connectivity index (χ0) is 13.8. The summed E-state index contributed by atoms with van der Waals surface area (Å²) in [4.78, 5) is 0.995. The number of aliphatic hydroxyl groups excluding tert-OH is 1. The molecular formula is C13H12Cl2O3S. The van der Waals surface area contributed by atoms with Crippen LogP contribution >= 0.6 is 34.5 Å². The van der Waals surface area contributed by atoms with Gasteiger partial charge < -0.3 is 14.6 Å². The van der Waals surface area contributed by atoms with E-state index in [4.69, 9.17) is 37.8 Å². The van der Waals surface area contributed by atoms with Gasteiger partial charge in [-0.2, -0.15) is 0 Å². The van der Waals surface area contributed by atoms with E-state index in [0.717, 1.165) is 4.88 Å². The Morgan fingerprint density at radius 2 is 2.05 bits per heavy atom. The van der Waals surface area contributed by atoms with E-state index in [1.54, 1.807) is 12.1 Å². The minimum Gasteiger partial charge on any atom is -0.493 e. The monoisotopic (exact) mass is 318 g/mol. The second-order valence-electron chi connectivity index (χ2n) is 3.76. The smallest absolute Gasteiger partial charge is 0.180 e. The third-order valence-electron chi connectivity index (χ3n) is 2.46. The first-order chi connectivity index (χ1) is 9.13. The summed E-state index contributed by atoms with van der Waals surface area (Å²) in [7, 11) is 1.53. The minimum absolute atomic E-state index is 0.100. The third kappa shape index (κ3) is 3.54. The van der Waals surface area contributed by atoms with Crippen LogP contribution in [0.5, 0.6) is 11.5 Å². The summed E-state index contributed by atoms with van der Waals surface area (Å²) < 4.78 is 11.6. The van der Waals surface area contributed by atoms with Crippen molar-refractivity contribution in [3.8, 4) is 11.5 Å². The number of hydrogen-bond donors (Lipinski definition) is 1. The fraction of sp³-hybridized carbons (Fsp3) is 0.231. The molecule has 0 atom stereocenters. The zero-order valence-corrected chi connectivity index (χ0v) is 12.5. The number of benzene rings is 1. The molecule has 1 heterocycles. The van der Waals surface area contributed by atoms with Crippen LogP contribution in [0.15, 0.2) is 24.3 Å². The molecule has 102 valence electrons. The van der Waals surface area contributed by atoms with Gasteiger partial charge in [0.1, 0.15) is 6.61 Å². The number of thiophene rings is 1. The van der Waals surface area contributed by atoms with Crippen LogP contribution in [0.3, 0.4) is 0 Å². The summed E-state index contributed by atoms with van der Waals surface area (Å²) in [6, 6.07) is 7.07. The number of aliphatic hydroxyl groups is 1. The normalized spacial score (nSPS) is 10.5. The summed E-state index contributed by atoms with van der Waals surface area (Å²) in [5, 5.41) is 9.52.